The third kappa shape index (κ3) is 4.93. The van der Waals surface area contributed by atoms with E-state index in [-0.39, 0.29) is 28.5 Å². The monoisotopic (exact) mass is 358 g/mol. The lowest BCUT2D eigenvalue weighted by atomic mass is 10.0. The van der Waals surface area contributed by atoms with Crippen LogP contribution in [-0.4, -0.2) is 45.6 Å². The minimum absolute atomic E-state index is 0.0274. The van der Waals surface area contributed by atoms with E-state index in [1.165, 1.54) is 26.3 Å². The predicted molar refractivity (Wildman–Crippen MR) is 87.6 cm³/mol. The van der Waals surface area contributed by atoms with Gasteiger partial charge in [-0.2, -0.15) is 0 Å². The Kier molecular flexibility index (Phi) is 6.73. The number of nitrogens with one attached hydrogen (secondary N) is 2. The van der Waals surface area contributed by atoms with Crippen molar-refractivity contribution in [3.63, 3.8) is 0 Å². The Morgan fingerprint density at radius 2 is 1.92 bits per heavy atom. The summed E-state index contributed by atoms with van der Waals surface area (Å²) in [5.74, 6) is -1.66. The molecule has 1 aromatic carbocycles. The molecule has 0 saturated carbocycles. The minimum Gasteiger partial charge on any atom is -0.495 e. The highest BCUT2D eigenvalue weighted by Crippen LogP contribution is 2.24. The van der Waals surface area contributed by atoms with Crippen molar-refractivity contribution in [1.82, 2.24) is 10.0 Å². The largest absolute Gasteiger partial charge is 0.495 e. The number of amides is 1. The summed E-state index contributed by atoms with van der Waals surface area (Å²) in [5, 5.41) is 11.6. The molecule has 3 N–H and O–H groups in total. The molecule has 134 valence electrons. The second-order valence-corrected chi connectivity index (χ2v) is 7.42. The summed E-state index contributed by atoms with van der Waals surface area (Å²) in [6, 6.07) is 2.81. The van der Waals surface area contributed by atoms with Crippen molar-refractivity contribution in [3.8, 4) is 5.75 Å². The highest BCUT2D eigenvalue weighted by molar-refractivity contribution is 7.89. The molecule has 24 heavy (non-hydrogen) atoms. The van der Waals surface area contributed by atoms with Gasteiger partial charge in [-0.1, -0.05) is 13.8 Å². The molecule has 1 rings (SSSR count). The molecule has 1 aromatic rings. The second kappa shape index (κ2) is 8.11. The standard InChI is InChI=1S/C15H22N2O6S/c1-9(2)7-11(15(19)20)17-14(18)10-5-6-12(23-4)13(8-10)24(21,22)16-3/h5-6,8-9,11,16H,7H2,1-4H3,(H,17,18)(H,19,20). The van der Waals surface area contributed by atoms with E-state index >= 15 is 0 Å². The quantitative estimate of drug-likeness (QED) is 0.633. The van der Waals surface area contributed by atoms with Crippen molar-refractivity contribution in [2.75, 3.05) is 14.2 Å². The lowest BCUT2D eigenvalue weighted by molar-refractivity contribution is -0.139. The summed E-state index contributed by atoms with van der Waals surface area (Å²) in [5.41, 5.74) is 0.0274. The summed E-state index contributed by atoms with van der Waals surface area (Å²) < 4.78 is 31.2. The Balaban J connectivity index is 3.16. The number of rotatable bonds is 8. The van der Waals surface area contributed by atoms with Gasteiger partial charge in [0.15, 0.2) is 0 Å². The molecule has 0 fully saturated rings. The van der Waals surface area contributed by atoms with Crippen LogP contribution in [0, 0.1) is 5.92 Å². The minimum atomic E-state index is -3.83. The number of benzene rings is 1. The number of carbonyl (C=O) groups is 2. The number of carboxylic acid groups (broad SMARTS) is 1. The second-order valence-electron chi connectivity index (χ2n) is 5.57. The van der Waals surface area contributed by atoms with Crippen LogP contribution in [0.3, 0.4) is 0 Å². The molecule has 0 radical (unpaired) electrons. The topological polar surface area (TPSA) is 122 Å². The maximum atomic E-state index is 12.3. The number of hydrogen-bond donors (Lipinski definition) is 3. The van der Waals surface area contributed by atoms with Gasteiger partial charge in [-0.25, -0.2) is 17.9 Å². The molecule has 0 aromatic heterocycles. The van der Waals surface area contributed by atoms with E-state index < -0.39 is 27.9 Å². The van der Waals surface area contributed by atoms with E-state index in [2.05, 4.69) is 10.0 Å². The summed E-state index contributed by atoms with van der Waals surface area (Å²) in [7, 11) is -1.28. The first-order valence-corrected chi connectivity index (χ1v) is 8.76. The lowest BCUT2D eigenvalue weighted by Gasteiger charge is -2.17. The smallest absolute Gasteiger partial charge is 0.326 e. The van der Waals surface area contributed by atoms with Gasteiger partial charge in [-0.05, 0) is 37.6 Å². The van der Waals surface area contributed by atoms with Crippen LogP contribution >= 0.6 is 0 Å². The normalized spacial score (nSPS) is 12.7. The van der Waals surface area contributed by atoms with Crippen molar-refractivity contribution in [3.05, 3.63) is 23.8 Å². The van der Waals surface area contributed by atoms with Gasteiger partial charge >= 0.3 is 5.97 Å². The molecule has 1 unspecified atom stereocenters. The molecular weight excluding hydrogens is 336 g/mol. The fourth-order valence-electron chi connectivity index (χ4n) is 2.07. The summed E-state index contributed by atoms with van der Waals surface area (Å²) in [4.78, 5) is 23.3. The van der Waals surface area contributed by atoms with Crippen LogP contribution in [0.2, 0.25) is 0 Å². The summed E-state index contributed by atoms with van der Waals surface area (Å²) in [6.45, 7) is 3.68. The fraction of sp³-hybridized carbons (Fsp3) is 0.467. The average molecular weight is 358 g/mol. The average Bonchev–Trinajstić information content (AvgIpc) is 2.52. The van der Waals surface area contributed by atoms with Gasteiger partial charge < -0.3 is 15.2 Å². The Morgan fingerprint density at radius 1 is 1.29 bits per heavy atom. The van der Waals surface area contributed by atoms with E-state index in [1.54, 1.807) is 0 Å². The van der Waals surface area contributed by atoms with Gasteiger partial charge in [0.05, 0.1) is 7.11 Å². The molecule has 0 aliphatic heterocycles. The predicted octanol–water partition coefficient (Wildman–Crippen LogP) is 0.832. The third-order valence-electron chi connectivity index (χ3n) is 3.29. The molecule has 0 bridgehead atoms. The summed E-state index contributed by atoms with van der Waals surface area (Å²) >= 11 is 0. The molecule has 8 nitrogen and oxygen atoms in total. The van der Waals surface area contributed by atoms with Crippen LogP contribution in [0.4, 0.5) is 0 Å². The number of carboxylic acids is 1. The molecular formula is C15H22N2O6S. The number of methoxy groups -OCH3 is 1. The van der Waals surface area contributed by atoms with Gasteiger partial charge in [0.25, 0.3) is 5.91 Å². The van der Waals surface area contributed by atoms with Crippen LogP contribution in [0.1, 0.15) is 30.6 Å². The van der Waals surface area contributed by atoms with Gasteiger partial charge in [0.1, 0.15) is 16.7 Å². The van der Waals surface area contributed by atoms with Gasteiger partial charge in [-0.3, -0.25) is 4.79 Å². The first-order valence-electron chi connectivity index (χ1n) is 7.27. The van der Waals surface area contributed by atoms with Crippen LogP contribution in [-0.2, 0) is 14.8 Å². The Labute approximate surface area is 141 Å². The molecule has 1 amide bonds. The van der Waals surface area contributed by atoms with E-state index in [1.807, 2.05) is 13.8 Å². The number of carbonyl (C=O) groups excluding carboxylic acids is 1. The lowest BCUT2D eigenvalue weighted by Crippen LogP contribution is -2.41. The van der Waals surface area contributed by atoms with Crippen molar-refractivity contribution in [2.45, 2.75) is 31.2 Å². The van der Waals surface area contributed by atoms with Crippen LogP contribution < -0.4 is 14.8 Å². The maximum absolute atomic E-state index is 12.3. The van der Waals surface area contributed by atoms with Crippen molar-refractivity contribution in [1.29, 1.82) is 0 Å². The highest BCUT2D eigenvalue weighted by Gasteiger charge is 2.24. The highest BCUT2D eigenvalue weighted by atomic mass is 32.2. The number of hydrogen-bond acceptors (Lipinski definition) is 5. The third-order valence-corrected chi connectivity index (χ3v) is 4.73. The van der Waals surface area contributed by atoms with Crippen LogP contribution in [0.15, 0.2) is 23.1 Å². The Bertz CT molecular complexity index is 715. The SMILES string of the molecule is CNS(=O)(=O)c1cc(C(=O)NC(CC(C)C)C(=O)O)ccc1OC. The molecule has 1 atom stereocenters. The van der Waals surface area contributed by atoms with Crippen molar-refractivity contribution in [2.24, 2.45) is 5.92 Å². The summed E-state index contributed by atoms with van der Waals surface area (Å²) in [6.07, 6.45) is 0.263. The maximum Gasteiger partial charge on any atom is 0.326 e. The van der Waals surface area contributed by atoms with Gasteiger partial charge in [0.2, 0.25) is 10.0 Å². The fourth-order valence-corrected chi connectivity index (χ4v) is 2.99. The zero-order valence-electron chi connectivity index (χ0n) is 14.0. The molecule has 0 aliphatic rings. The van der Waals surface area contributed by atoms with E-state index in [0.717, 1.165) is 6.07 Å². The van der Waals surface area contributed by atoms with Crippen LogP contribution in [0.5, 0.6) is 5.75 Å². The molecule has 0 spiro atoms. The van der Waals surface area contributed by atoms with Gasteiger partial charge in [0, 0.05) is 5.56 Å². The van der Waals surface area contributed by atoms with Gasteiger partial charge in [-0.15, -0.1) is 0 Å². The number of sulfonamides is 1. The molecule has 0 aliphatic carbocycles. The first kappa shape index (κ1) is 19.9. The van der Waals surface area contributed by atoms with Crippen molar-refractivity contribution >= 4 is 21.9 Å². The van der Waals surface area contributed by atoms with Crippen LogP contribution in [0.25, 0.3) is 0 Å². The van der Waals surface area contributed by atoms with E-state index in [4.69, 9.17) is 4.74 Å². The first-order chi connectivity index (χ1) is 11.1. The Morgan fingerprint density at radius 3 is 2.38 bits per heavy atom. The molecule has 0 saturated heterocycles. The zero-order valence-corrected chi connectivity index (χ0v) is 14.8. The van der Waals surface area contributed by atoms with E-state index in [0.29, 0.717) is 0 Å². The van der Waals surface area contributed by atoms with E-state index in [9.17, 15) is 23.1 Å². The number of aliphatic carboxylic acids is 1. The van der Waals surface area contributed by atoms with Crippen molar-refractivity contribution < 1.29 is 27.9 Å². The molecule has 9 heteroatoms. The zero-order chi connectivity index (χ0) is 18.5. The Hall–Kier alpha value is -2.13. The number of ether oxygens (including phenoxy) is 1. The molecule has 0 heterocycles.